The maximum Gasteiger partial charge on any atom is 0.312 e. The van der Waals surface area contributed by atoms with Gasteiger partial charge in [0.25, 0.3) is 0 Å². The van der Waals surface area contributed by atoms with Gasteiger partial charge in [-0.25, -0.2) is 0 Å². The summed E-state index contributed by atoms with van der Waals surface area (Å²) >= 11 is 0. The molecule has 2 nitrogen and oxygen atoms in total. The summed E-state index contributed by atoms with van der Waals surface area (Å²) in [5, 5.41) is 0. The molecule has 12 atom stereocenters. The molecule has 0 N–H and O–H groups in total. The summed E-state index contributed by atoms with van der Waals surface area (Å²) < 4.78 is 6.70. The topological polar surface area (TPSA) is 26.3 Å². The summed E-state index contributed by atoms with van der Waals surface area (Å²) in [6, 6.07) is 0. The second-order valence-electron chi connectivity index (χ2n) is 12.2. The van der Waals surface area contributed by atoms with Gasteiger partial charge in [-0.1, -0.05) is 25.5 Å². The number of esters is 1. The van der Waals surface area contributed by atoms with Gasteiger partial charge in [-0.05, 0) is 112 Å². The first kappa shape index (κ1) is 16.9. The van der Waals surface area contributed by atoms with Gasteiger partial charge < -0.3 is 4.74 Å². The molecular formula is C26H36O2. The SMILES string of the molecule is CCC1(OC(=O)C2(C)CC3CC2C2C4C=CC(C4)C32)CC2CC1C1CCCC21. The Hall–Kier alpha value is -0.790. The highest BCUT2D eigenvalue weighted by Gasteiger charge is 2.68. The molecule has 7 rings (SSSR count). The fourth-order valence-electron chi connectivity index (χ4n) is 10.7. The molecule has 7 aliphatic carbocycles. The zero-order chi connectivity index (χ0) is 18.8. The van der Waals surface area contributed by atoms with Crippen molar-refractivity contribution < 1.29 is 9.53 Å². The van der Waals surface area contributed by atoms with Gasteiger partial charge in [0.15, 0.2) is 0 Å². The first-order chi connectivity index (χ1) is 13.5. The zero-order valence-corrected chi connectivity index (χ0v) is 17.6. The normalized spacial score (nSPS) is 61.9. The van der Waals surface area contributed by atoms with Crippen LogP contribution < -0.4 is 0 Å². The summed E-state index contributed by atoms with van der Waals surface area (Å²) in [5.41, 5.74) is -0.324. The van der Waals surface area contributed by atoms with Crippen LogP contribution in [0.4, 0.5) is 0 Å². The van der Waals surface area contributed by atoms with Crippen LogP contribution in [0.15, 0.2) is 12.2 Å². The lowest BCUT2D eigenvalue weighted by Crippen LogP contribution is -2.50. The van der Waals surface area contributed by atoms with Gasteiger partial charge in [0, 0.05) is 5.92 Å². The Morgan fingerprint density at radius 1 is 0.964 bits per heavy atom. The Balaban J connectivity index is 1.16. The minimum Gasteiger partial charge on any atom is -0.458 e. The lowest BCUT2D eigenvalue weighted by molar-refractivity contribution is -0.187. The summed E-state index contributed by atoms with van der Waals surface area (Å²) in [4.78, 5) is 13.8. The summed E-state index contributed by atoms with van der Waals surface area (Å²) in [5.74, 6) is 8.17. The monoisotopic (exact) mass is 380 g/mol. The second-order valence-corrected chi connectivity index (χ2v) is 12.2. The van der Waals surface area contributed by atoms with Crippen molar-refractivity contribution in [1.82, 2.24) is 0 Å². The third-order valence-electron chi connectivity index (χ3n) is 11.6. The maximum absolute atomic E-state index is 13.8. The zero-order valence-electron chi connectivity index (χ0n) is 17.6. The van der Waals surface area contributed by atoms with Crippen LogP contribution in [-0.4, -0.2) is 11.6 Å². The van der Waals surface area contributed by atoms with Crippen molar-refractivity contribution in [3.05, 3.63) is 12.2 Å². The van der Waals surface area contributed by atoms with Gasteiger partial charge in [0.05, 0.1) is 5.41 Å². The summed E-state index contributed by atoms with van der Waals surface area (Å²) in [7, 11) is 0. The molecule has 0 heterocycles. The van der Waals surface area contributed by atoms with Crippen molar-refractivity contribution in [3.63, 3.8) is 0 Å². The Morgan fingerprint density at radius 2 is 1.71 bits per heavy atom. The van der Waals surface area contributed by atoms with Gasteiger partial charge in [-0.2, -0.15) is 0 Å². The van der Waals surface area contributed by atoms with Crippen molar-refractivity contribution in [2.24, 2.45) is 64.6 Å². The number of ether oxygens (including phenoxy) is 1. The van der Waals surface area contributed by atoms with Crippen LogP contribution in [0.1, 0.15) is 71.6 Å². The fraction of sp³-hybridized carbons (Fsp3) is 0.885. The van der Waals surface area contributed by atoms with Crippen LogP contribution in [0.25, 0.3) is 0 Å². The van der Waals surface area contributed by atoms with Crippen molar-refractivity contribution in [2.45, 2.75) is 77.2 Å². The van der Waals surface area contributed by atoms with Gasteiger partial charge >= 0.3 is 5.97 Å². The van der Waals surface area contributed by atoms with Crippen molar-refractivity contribution in [2.75, 3.05) is 0 Å². The Labute approximate surface area is 169 Å². The third-order valence-corrected chi connectivity index (χ3v) is 11.6. The van der Waals surface area contributed by atoms with Crippen LogP contribution in [0.2, 0.25) is 0 Å². The number of hydrogen-bond donors (Lipinski definition) is 0. The predicted molar refractivity (Wildman–Crippen MR) is 108 cm³/mol. The first-order valence-corrected chi connectivity index (χ1v) is 12.5. The largest absolute Gasteiger partial charge is 0.458 e. The number of fused-ring (bicyclic) bond motifs is 14. The van der Waals surface area contributed by atoms with E-state index in [4.69, 9.17) is 4.74 Å². The molecule has 28 heavy (non-hydrogen) atoms. The molecule has 0 radical (unpaired) electrons. The van der Waals surface area contributed by atoms with Crippen LogP contribution >= 0.6 is 0 Å². The second kappa shape index (κ2) is 5.27. The number of allylic oxidation sites excluding steroid dienone is 2. The van der Waals surface area contributed by atoms with Gasteiger partial charge in [-0.15, -0.1) is 0 Å². The Kier molecular flexibility index (Phi) is 3.19. The molecular weight excluding hydrogens is 344 g/mol. The van der Waals surface area contributed by atoms with E-state index in [2.05, 4.69) is 26.0 Å². The highest BCUT2D eigenvalue weighted by molar-refractivity contribution is 5.78. The average molecular weight is 381 g/mol. The molecule has 12 unspecified atom stereocenters. The first-order valence-electron chi connectivity index (χ1n) is 12.5. The number of carbonyl (C=O) groups excluding carboxylic acids is 1. The van der Waals surface area contributed by atoms with Crippen LogP contribution in [0, 0.1) is 64.6 Å². The number of rotatable bonds is 3. The molecule has 6 fully saturated rings. The van der Waals surface area contributed by atoms with E-state index in [0.717, 1.165) is 60.2 Å². The Bertz CT molecular complexity index is 756. The number of hydrogen-bond acceptors (Lipinski definition) is 2. The molecule has 6 saturated carbocycles. The molecule has 7 aliphatic rings. The van der Waals surface area contributed by atoms with Gasteiger partial charge in [0.1, 0.15) is 5.60 Å². The smallest absolute Gasteiger partial charge is 0.312 e. The molecule has 0 aliphatic heterocycles. The van der Waals surface area contributed by atoms with Crippen molar-refractivity contribution in [1.29, 1.82) is 0 Å². The molecule has 0 aromatic rings. The molecule has 0 spiro atoms. The maximum atomic E-state index is 13.8. The lowest BCUT2D eigenvalue weighted by atomic mass is 9.62. The van der Waals surface area contributed by atoms with E-state index in [1.54, 1.807) is 0 Å². The van der Waals surface area contributed by atoms with E-state index in [1.807, 2.05) is 0 Å². The van der Waals surface area contributed by atoms with E-state index in [1.165, 1.54) is 44.9 Å². The van der Waals surface area contributed by atoms with E-state index >= 15 is 0 Å². The summed E-state index contributed by atoms with van der Waals surface area (Å²) in [6.45, 7) is 4.58. The minimum absolute atomic E-state index is 0.119. The van der Waals surface area contributed by atoms with E-state index in [-0.39, 0.29) is 17.0 Å². The lowest BCUT2D eigenvalue weighted by Gasteiger charge is -2.46. The standard InChI is InChI=1S/C26H36O2/c1-3-26(13-16-10-20(26)19-6-4-5-18(16)19)28-24(27)25(2)12-17-11-21(25)23-15-8-7-14(9-15)22(17)23/h7-8,14-23H,3-6,9-13H2,1-2H3. The number of carbonyl (C=O) groups is 1. The van der Waals surface area contributed by atoms with Gasteiger partial charge in [-0.3, -0.25) is 4.79 Å². The van der Waals surface area contributed by atoms with Crippen molar-refractivity contribution >= 4 is 5.97 Å². The predicted octanol–water partition coefficient (Wildman–Crippen LogP) is 5.62. The van der Waals surface area contributed by atoms with E-state index in [9.17, 15) is 4.79 Å². The molecule has 0 aromatic heterocycles. The van der Waals surface area contributed by atoms with Crippen LogP contribution in [-0.2, 0) is 9.53 Å². The Morgan fingerprint density at radius 3 is 2.54 bits per heavy atom. The quantitative estimate of drug-likeness (QED) is 0.361. The highest BCUT2D eigenvalue weighted by atomic mass is 16.6. The molecule has 0 aromatic carbocycles. The molecule has 6 bridgehead atoms. The molecule has 152 valence electrons. The molecule has 2 heteroatoms. The molecule has 0 saturated heterocycles. The fourth-order valence-corrected chi connectivity index (χ4v) is 10.7. The van der Waals surface area contributed by atoms with Crippen LogP contribution in [0.5, 0.6) is 0 Å². The minimum atomic E-state index is -0.205. The van der Waals surface area contributed by atoms with E-state index < -0.39 is 0 Å². The van der Waals surface area contributed by atoms with E-state index in [0.29, 0.717) is 11.8 Å². The summed E-state index contributed by atoms with van der Waals surface area (Å²) in [6.07, 6.45) is 16.6. The molecule has 0 amide bonds. The highest BCUT2D eigenvalue weighted by Crippen LogP contribution is 2.71. The average Bonchev–Trinajstić information content (AvgIpc) is 3.50. The van der Waals surface area contributed by atoms with Crippen molar-refractivity contribution in [3.8, 4) is 0 Å². The third kappa shape index (κ3) is 1.82. The van der Waals surface area contributed by atoms with Gasteiger partial charge in [0.2, 0.25) is 0 Å². The van der Waals surface area contributed by atoms with Crippen LogP contribution in [0.3, 0.4) is 0 Å².